The van der Waals surface area contributed by atoms with Crippen molar-refractivity contribution >= 4 is 35.5 Å². The monoisotopic (exact) mass is 418 g/mol. The molecule has 0 heterocycles. The van der Waals surface area contributed by atoms with Crippen molar-refractivity contribution in [1.82, 2.24) is 10.9 Å². The maximum atomic E-state index is 11.8. The van der Waals surface area contributed by atoms with E-state index in [0.717, 1.165) is 0 Å². The first kappa shape index (κ1) is 21.8. The van der Waals surface area contributed by atoms with Gasteiger partial charge in [-0.2, -0.15) is 0 Å². The zero-order chi connectivity index (χ0) is 21.2. The summed E-state index contributed by atoms with van der Waals surface area (Å²) in [5.74, 6) is -0.878. The quantitative estimate of drug-likeness (QED) is 0.406. The van der Waals surface area contributed by atoms with Crippen LogP contribution >= 0.6 is 11.6 Å². The van der Waals surface area contributed by atoms with Crippen LogP contribution in [0.15, 0.2) is 48.5 Å². The standard InChI is InChI=1S/C20H19ClN2O6/c1-27-16-9-3-13(11-17(16)28-2)4-10-19(25)29-12-18(24)22-23-20(26)14-5-7-15(21)8-6-14/h3-11H,12H2,1-2H3,(H,22,24)(H,23,26)/b10-4+. The predicted octanol–water partition coefficient (Wildman–Crippen LogP) is 2.37. The summed E-state index contributed by atoms with van der Waals surface area (Å²) in [5.41, 5.74) is 5.35. The van der Waals surface area contributed by atoms with E-state index in [1.807, 2.05) is 0 Å². The van der Waals surface area contributed by atoms with E-state index >= 15 is 0 Å². The lowest BCUT2D eigenvalue weighted by molar-refractivity contribution is -0.144. The fourth-order valence-electron chi connectivity index (χ4n) is 2.14. The highest BCUT2D eigenvalue weighted by Gasteiger charge is 2.09. The molecule has 0 radical (unpaired) electrons. The Bertz CT molecular complexity index is 912. The van der Waals surface area contributed by atoms with Gasteiger partial charge in [0.1, 0.15) is 0 Å². The van der Waals surface area contributed by atoms with Crippen LogP contribution in [0, 0.1) is 0 Å². The van der Waals surface area contributed by atoms with Crippen LogP contribution in [0.4, 0.5) is 0 Å². The lowest BCUT2D eigenvalue weighted by Crippen LogP contribution is -2.43. The average Bonchev–Trinajstić information content (AvgIpc) is 2.74. The van der Waals surface area contributed by atoms with Gasteiger partial charge in [0.2, 0.25) is 0 Å². The number of benzene rings is 2. The van der Waals surface area contributed by atoms with E-state index in [0.29, 0.717) is 27.6 Å². The Morgan fingerprint density at radius 1 is 0.966 bits per heavy atom. The second-order valence-corrected chi connectivity index (χ2v) is 6.00. The van der Waals surface area contributed by atoms with Crippen LogP contribution in [-0.4, -0.2) is 38.6 Å². The van der Waals surface area contributed by atoms with Gasteiger partial charge in [-0.25, -0.2) is 4.79 Å². The van der Waals surface area contributed by atoms with Crippen molar-refractivity contribution in [2.75, 3.05) is 20.8 Å². The molecular weight excluding hydrogens is 400 g/mol. The van der Waals surface area contributed by atoms with E-state index < -0.39 is 24.4 Å². The van der Waals surface area contributed by atoms with Crippen molar-refractivity contribution in [1.29, 1.82) is 0 Å². The Labute approximate surface area is 172 Å². The summed E-state index contributed by atoms with van der Waals surface area (Å²) in [6.45, 7) is -0.560. The number of carbonyl (C=O) groups is 3. The number of nitrogens with one attached hydrogen (secondary N) is 2. The molecule has 2 N–H and O–H groups in total. The van der Waals surface area contributed by atoms with Gasteiger partial charge in [0, 0.05) is 16.7 Å². The summed E-state index contributed by atoms with van der Waals surface area (Å²) in [7, 11) is 3.03. The van der Waals surface area contributed by atoms with E-state index in [4.69, 9.17) is 25.8 Å². The summed E-state index contributed by atoms with van der Waals surface area (Å²) < 4.78 is 15.1. The van der Waals surface area contributed by atoms with Crippen LogP contribution in [0.5, 0.6) is 11.5 Å². The fourth-order valence-corrected chi connectivity index (χ4v) is 2.27. The molecule has 0 aromatic heterocycles. The van der Waals surface area contributed by atoms with Gasteiger partial charge in [-0.3, -0.25) is 20.4 Å². The van der Waals surface area contributed by atoms with Crippen molar-refractivity contribution in [3.05, 3.63) is 64.7 Å². The number of carbonyl (C=O) groups excluding carboxylic acids is 3. The molecular formula is C20H19ClN2O6. The molecule has 0 aliphatic rings. The van der Waals surface area contributed by atoms with Crippen molar-refractivity contribution in [2.45, 2.75) is 0 Å². The third-order valence-corrected chi connectivity index (χ3v) is 3.84. The molecule has 0 bridgehead atoms. The largest absolute Gasteiger partial charge is 0.493 e. The minimum absolute atomic E-state index is 0.310. The van der Waals surface area contributed by atoms with E-state index in [-0.39, 0.29) is 0 Å². The van der Waals surface area contributed by atoms with Gasteiger partial charge in [0.05, 0.1) is 14.2 Å². The first-order valence-corrected chi connectivity index (χ1v) is 8.72. The van der Waals surface area contributed by atoms with E-state index in [2.05, 4.69) is 10.9 Å². The molecule has 0 saturated heterocycles. The normalized spacial score (nSPS) is 10.3. The third kappa shape index (κ3) is 6.86. The minimum atomic E-state index is -0.723. The lowest BCUT2D eigenvalue weighted by Gasteiger charge is -2.08. The number of amides is 2. The van der Waals surface area contributed by atoms with Crippen molar-refractivity contribution in [3.8, 4) is 11.5 Å². The lowest BCUT2D eigenvalue weighted by atomic mass is 10.2. The molecule has 0 spiro atoms. The molecule has 0 aliphatic heterocycles. The van der Waals surface area contributed by atoms with Crippen LogP contribution in [-0.2, 0) is 14.3 Å². The van der Waals surface area contributed by atoms with Gasteiger partial charge in [-0.1, -0.05) is 17.7 Å². The first-order chi connectivity index (χ1) is 13.9. The van der Waals surface area contributed by atoms with E-state index in [1.54, 1.807) is 30.3 Å². The highest BCUT2D eigenvalue weighted by atomic mass is 35.5. The number of hydrogen-bond acceptors (Lipinski definition) is 6. The first-order valence-electron chi connectivity index (χ1n) is 8.34. The summed E-state index contributed by atoms with van der Waals surface area (Å²) in [6.07, 6.45) is 2.67. The van der Waals surface area contributed by atoms with Crippen molar-refractivity contribution in [2.24, 2.45) is 0 Å². The predicted molar refractivity (Wildman–Crippen MR) is 107 cm³/mol. The molecule has 2 aromatic carbocycles. The third-order valence-electron chi connectivity index (χ3n) is 3.59. The van der Waals surface area contributed by atoms with Gasteiger partial charge >= 0.3 is 5.97 Å². The van der Waals surface area contributed by atoms with Crippen LogP contribution in [0.1, 0.15) is 15.9 Å². The molecule has 0 atom stereocenters. The topological polar surface area (TPSA) is 103 Å². The molecule has 2 rings (SSSR count). The second kappa shape index (κ2) is 10.7. The van der Waals surface area contributed by atoms with Crippen LogP contribution in [0.2, 0.25) is 5.02 Å². The molecule has 0 fully saturated rings. The van der Waals surface area contributed by atoms with Gasteiger partial charge < -0.3 is 14.2 Å². The van der Waals surface area contributed by atoms with Gasteiger partial charge in [0.15, 0.2) is 18.1 Å². The smallest absolute Gasteiger partial charge is 0.331 e. The number of hydrazine groups is 1. The molecule has 29 heavy (non-hydrogen) atoms. The maximum Gasteiger partial charge on any atom is 0.331 e. The van der Waals surface area contributed by atoms with Gasteiger partial charge in [-0.15, -0.1) is 0 Å². The van der Waals surface area contributed by atoms with Crippen molar-refractivity contribution < 1.29 is 28.6 Å². The zero-order valence-corrected chi connectivity index (χ0v) is 16.5. The number of ether oxygens (including phenoxy) is 3. The van der Waals surface area contributed by atoms with Gasteiger partial charge in [-0.05, 0) is 48.0 Å². The Morgan fingerprint density at radius 3 is 2.31 bits per heavy atom. The van der Waals surface area contributed by atoms with Crippen LogP contribution in [0.3, 0.4) is 0 Å². The second-order valence-electron chi connectivity index (χ2n) is 5.56. The highest BCUT2D eigenvalue weighted by molar-refractivity contribution is 6.30. The summed E-state index contributed by atoms with van der Waals surface area (Å²) in [4.78, 5) is 35.3. The summed E-state index contributed by atoms with van der Waals surface area (Å²) in [6, 6.07) is 11.2. The fraction of sp³-hybridized carbons (Fsp3) is 0.150. The van der Waals surface area contributed by atoms with Gasteiger partial charge in [0.25, 0.3) is 11.8 Å². The number of halogens is 1. The molecule has 2 aromatic rings. The number of rotatable bonds is 7. The maximum absolute atomic E-state index is 11.8. The zero-order valence-electron chi connectivity index (χ0n) is 15.7. The molecule has 0 aliphatic carbocycles. The Hall–Kier alpha value is -3.52. The molecule has 0 saturated carbocycles. The molecule has 9 heteroatoms. The molecule has 8 nitrogen and oxygen atoms in total. The Kier molecular flexibility index (Phi) is 8.05. The highest BCUT2D eigenvalue weighted by Crippen LogP contribution is 2.27. The summed E-state index contributed by atoms with van der Waals surface area (Å²) >= 11 is 5.74. The number of methoxy groups -OCH3 is 2. The molecule has 0 unspecified atom stereocenters. The van der Waals surface area contributed by atoms with E-state index in [1.165, 1.54) is 38.5 Å². The van der Waals surface area contributed by atoms with E-state index in [9.17, 15) is 14.4 Å². The summed E-state index contributed by atoms with van der Waals surface area (Å²) in [5, 5.41) is 0.485. The molecule has 152 valence electrons. The average molecular weight is 419 g/mol. The number of esters is 1. The van der Waals surface area contributed by atoms with Crippen molar-refractivity contribution in [3.63, 3.8) is 0 Å². The molecule has 2 amide bonds. The van der Waals surface area contributed by atoms with Crippen LogP contribution in [0.25, 0.3) is 6.08 Å². The minimum Gasteiger partial charge on any atom is -0.493 e. The Balaban J connectivity index is 1.78. The number of hydrogen-bond donors (Lipinski definition) is 2. The SMILES string of the molecule is COc1ccc(/C=C/C(=O)OCC(=O)NNC(=O)c2ccc(Cl)cc2)cc1OC. The Morgan fingerprint density at radius 2 is 1.66 bits per heavy atom. The van der Waals surface area contributed by atoms with Crippen LogP contribution < -0.4 is 20.3 Å².